The Hall–Kier alpha value is -1.20. The summed E-state index contributed by atoms with van der Waals surface area (Å²) in [6, 6.07) is 9.78. The van der Waals surface area contributed by atoms with Gasteiger partial charge in [-0.25, -0.2) is 4.79 Å². The average Bonchev–Trinajstić information content (AvgIpc) is 2.44. The predicted molar refractivity (Wildman–Crippen MR) is 85.2 cm³/mol. The summed E-state index contributed by atoms with van der Waals surface area (Å²) in [5, 5.41) is 15.5. The Labute approximate surface area is 125 Å². The highest BCUT2D eigenvalue weighted by Gasteiger charge is 2.20. The molecule has 1 rings (SSSR count). The van der Waals surface area contributed by atoms with Crippen LogP contribution < -0.4 is 10.6 Å². The van der Waals surface area contributed by atoms with Crippen LogP contribution >= 0.6 is 11.8 Å². The first-order chi connectivity index (χ1) is 9.53. The summed E-state index contributed by atoms with van der Waals surface area (Å²) in [6.45, 7) is 2.60. The van der Waals surface area contributed by atoms with Gasteiger partial charge < -0.3 is 15.7 Å². The Morgan fingerprint density at radius 1 is 1.30 bits per heavy atom. The molecule has 0 aliphatic heterocycles. The first kappa shape index (κ1) is 16.9. The maximum Gasteiger partial charge on any atom is 0.314 e. The van der Waals surface area contributed by atoms with Crippen molar-refractivity contribution in [3.63, 3.8) is 0 Å². The molecule has 0 radical (unpaired) electrons. The molecule has 0 heterocycles. The normalized spacial score (nSPS) is 13.6. The summed E-state index contributed by atoms with van der Waals surface area (Å²) in [5.74, 6) is 0.879. The van der Waals surface area contributed by atoms with Crippen molar-refractivity contribution in [1.29, 1.82) is 0 Å². The molecule has 1 aromatic carbocycles. The zero-order valence-electron chi connectivity index (χ0n) is 12.2. The Kier molecular flexibility index (Phi) is 7.47. The third-order valence-corrected chi connectivity index (χ3v) is 3.63. The van der Waals surface area contributed by atoms with Crippen LogP contribution in [-0.4, -0.2) is 41.8 Å². The fourth-order valence-electron chi connectivity index (χ4n) is 1.71. The van der Waals surface area contributed by atoms with Crippen molar-refractivity contribution in [1.82, 2.24) is 10.6 Å². The quantitative estimate of drug-likeness (QED) is 0.688. The number of rotatable bonds is 8. The zero-order valence-corrected chi connectivity index (χ0v) is 13.0. The molecule has 0 spiro atoms. The number of amides is 2. The molecule has 3 N–H and O–H groups in total. The maximum atomic E-state index is 11.6. The van der Waals surface area contributed by atoms with Gasteiger partial charge in [-0.15, -0.1) is 0 Å². The second-order valence-corrected chi connectivity index (χ2v) is 6.07. The van der Waals surface area contributed by atoms with Crippen molar-refractivity contribution < 1.29 is 9.90 Å². The molecule has 0 aliphatic rings. The van der Waals surface area contributed by atoms with Crippen LogP contribution in [0.1, 0.15) is 18.9 Å². The molecule has 4 nitrogen and oxygen atoms in total. The Balaban J connectivity index is 2.17. The number of carbonyl (C=O) groups excluding carboxylic acids is 1. The SMILES string of the molecule is CSCCC(C)(O)CNC(=O)NCCc1ccccc1. The van der Waals surface area contributed by atoms with Crippen LogP contribution in [0.5, 0.6) is 0 Å². The van der Waals surface area contributed by atoms with Gasteiger partial charge in [0.15, 0.2) is 0 Å². The van der Waals surface area contributed by atoms with Crippen molar-refractivity contribution in [3.05, 3.63) is 35.9 Å². The number of benzene rings is 1. The van der Waals surface area contributed by atoms with E-state index in [-0.39, 0.29) is 12.6 Å². The molecule has 20 heavy (non-hydrogen) atoms. The van der Waals surface area contributed by atoms with Crippen LogP contribution in [0.4, 0.5) is 4.79 Å². The lowest BCUT2D eigenvalue weighted by molar-refractivity contribution is 0.0594. The predicted octanol–water partition coefficient (Wildman–Crippen LogP) is 2.03. The summed E-state index contributed by atoms with van der Waals surface area (Å²) in [7, 11) is 0. The molecule has 0 fully saturated rings. The van der Waals surface area contributed by atoms with Crippen LogP contribution in [0.15, 0.2) is 30.3 Å². The zero-order chi connectivity index (χ0) is 14.8. The molecule has 0 saturated heterocycles. The van der Waals surface area contributed by atoms with Gasteiger partial charge in [0.05, 0.1) is 5.60 Å². The van der Waals surface area contributed by atoms with Crippen LogP contribution in [0.2, 0.25) is 0 Å². The Morgan fingerprint density at radius 2 is 2.00 bits per heavy atom. The van der Waals surface area contributed by atoms with Crippen molar-refractivity contribution in [2.24, 2.45) is 0 Å². The minimum absolute atomic E-state index is 0.231. The summed E-state index contributed by atoms with van der Waals surface area (Å²) in [6.07, 6.45) is 3.47. The highest BCUT2D eigenvalue weighted by Crippen LogP contribution is 2.11. The number of carbonyl (C=O) groups is 1. The molecular formula is C15H24N2O2S. The van der Waals surface area contributed by atoms with Crippen LogP contribution in [0.3, 0.4) is 0 Å². The van der Waals surface area contributed by atoms with Gasteiger partial charge >= 0.3 is 6.03 Å². The number of hydrogen-bond acceptors (Lipinski definition) is 3. The number of nitrogens with one attached hydrogen (secondary N) is 2. The summed E-state index contributed by atoms with van der Waals surface area (Å²) in [5.41, 5.74) is 0.347. The van der Waals surface area contributed by atoms with E-state index in [1.54, 1.807) is 18.7 Å². The summed E-state index contributed by atoms with van der Waals surface area (Å²) < 4.78 is 0. The van der Waals surface area contributed by atoms with E-state index in [0.29, 0.717) is 13.0 Å². The lowest BCUT2D eigenvalue weighted by Crippen LogP contribution is -2.45. The average molecular weight is 296 g/mol. The molecule has 0 saturated carbocycles. The highest BCUT2D eigenvalue weighted by molar-refractivity contribution is 7.98. The summed E-state index contributed by atoms with van der Waals surface area (Å²) in [4.78, 5) is 11.6. The smallest absolute Gasteiger partial charge is 0.314 e. The van der Waals surface area contributed by atoms with Crippen molar-refractivity contribution in [2.75, 3.05) is 25.1 Å². The van der Waals surface area contributed by atoms with Crippen molar-refractivity contribution in [3.8, 4) is 0 Å². The Bertz CT molecular complexity index is 396. The monoisotopic (exact) mass is 296 g/mol. The molecule has 112 valence electrons. The van der Waals surface area contributed by atoms with Gasteiger partial charge in [0, 0.05) is 13.1 Å². The molecule has 0 aliphatic carbocycles. The number of urea groups is 1. The van der Waals surface area contributed by atoms with E-state index in [9.17, 15) is 9.90 Å². The van der Waals surface area contributed by atoms with Gasteiger partial charge in [-0.05, 0) is 37.3 Å². The molecule has 1 atom stereocenters. The minimum Gasteiger partial charge on any atom is -0.388 e. The van der Waals surface area contributed by atoms with Gasteiger partial charge in [0.2, 0.25) is 0 Å². The topological polar surface area (TPSA) is 61.4 Å². The van der Waals surface area contributed by atoms with E-state index < -0.39 is 5.60 Å². The number of aliphatic hydroxyl groups is 1. The molecule has 1 aromatic rings. The fraction of sp³-hybridized carbons (Fsp3) is 0.533. The van der Waals surface area contributed by atoms with Crippen LogP contribution in [0, 0.1) is 0 Å². The molecule has 0 aromatic heterocycles. The van der Waals surface area contributed by atoms with E-state index >= 15 is 0 Å². The fourth-order valence-corrected chi connectivity index (χ4v) is 2.35. The Morgan fingerprint density at radius 3 is 2.65 bits per heavy atom. The molecule has 2 amide bonds. The third kappa shape index (κ3) is 7.40. The van der Waals surface area contributed by atoms with Crippen LogP contribution in [0.25, 0.3) is 0 Å². The second-order valence-electron chi connectivity index (χ2n) is 5.08. The molecule has 0 bridgehead atoms. The largest absolute Gasteiger partial charge is 0.388 e. The maximum absolute atomic E-state index is 11.6. The van der Waals surface area contributed by atoms with Gasteiger partial charge in [0.1, 0.15) is 0 Å². The lowest BCUT2D eigenvalue weighted by atomic mass is 10.0. The number of hydrogen-bond donors (Lipinski definition) is 3. The second kappa shape index (κ2) is 8.87. The minimum atomic E-state index is -0.847. The van der Waals surface area contributed by atoms with E-state index in [0.717, 1.165) is 12.2 Å². The van der Waals surface area contributed by atoms with E-state index in [4.69, 9.17) is 0 Å². The lowest BCUT2D eigenvalue weighted by Gasteiger charge is -2.23. The molecular weight excluding hydrogens is 272 g/mol. The van der Waals surface area contributed by atoms with Crippen molar-refractivity contribution in [2.45, 2.75) is 25.4 Å². The first-order valence-electron chi connectivity index (χ1n) is 6.80. The standard InChI is InChI=1S/C15H24N2O2S/c1-15(19,9-11-20-2)12-17-14(18)16-10-8-13-6-4-3-5-7-13/h3-7,19H,8-12H2,1-2H3,(H2,16,17,18). The number of thioether (sulfide) groups is 1. The summed E-state index contributed by atoms with van der Waals surface area (Å²) >= 11 is 1.69. The van der Waals surface area contributed by atoms with Gasteiger partial charge in [-0.1, -0.05) is 30.3 Å². The highest BCUT2D eigenvalue weighted by atomic mass is 32.2. The van der Waals surface area contributed by atoms with E-state index in [1.165, 1.54) is 5.56 Å². The van der Waals surface area contributed by atoms with Gasteiger partial charge in [-0.2, -0.15) is 11.8 Å². The third-order valence-electron chi connectivity index (χ3n) is 3.02. The van der Waals surface area contributed by atoms with Gasteiger partial charge in [-0.3, -0.25) is 0 Å². The molecule has 1 unspecified atom stereocenters. The van der Waals surface area contributed by atoms with E-state index in [2.05, 4.69) is 10.6 Å². The van der Waals surface area contributed by atoms with Gasteiger partial charge in [0.25, 0.3) is 0 Å². The van der Waals surface area contributed by atoms with E-state index in [1.807, 2.05) is 36.6 Å². The van der Waals surface area contributed by atoms with Crippen molar-refractivity contribution >= 4 is 17.8 Å². The molecule has 5 heteroatoms. The first-order valence-corrected chi connectivity index (χ1v) is 8.20. The van der Waals surface area contributed by atoms with Crippen LogP contribution in [-0.2, 0) is 6.42 Å².